The number of amides is 2. The molecule has 0 saturated carbocycles. The molecule has 3 atom stereocenters. The van der Waals surface area contributed by atoms with Crippen molar-refractivity contribution >= 4 is 17.8 Å². The maximum atomic E-state index is 13.0. The molecule has 0 spiro atoms. The van der Waals surface area contributed by atoms with Gasteiger partial charge in [0.05, 0.1) is 6.04 Å². The third-order valence-corrected chi connectivity index (χ3v) is 4.02. The monoisotopic (exact) mass is 365 g/mol. The van der Waals surface area contributed by atoms with Crippen LogP contribution in [0.15, 0.2) is 37.0 Å². The van der Waals surface area contributed by atoms with Crippen molar-refractivity contribution in [1.29, 1.82) is 0 Å². The zero-order chi connectivity index (χ0) is 20.7. The van der Waals surface area contributed by atoms with Crippen LogP contribution in [0.2, 0.25) is 0 Å². The van der Waals surface area contributed by atoms with E-state index in [4.69, 9.17) is 5.11 Å². The van der Waals surface area contributed by atoms with Crippen molar-refractivity contribution in [2.24, 2.45) is 5.41 Å². The molecule has 0 heterocycles. The van der Waals surface area contributed by atoms with Gasteiger partial charge in [-0.1, -0.05) is 32.9 Å². The predicted molar refractivity (Wildman–Crippen MR) is 103 cm³/mol. The van der Waals surface area contributed by atoms with E-state index in [-0.39, 0.29) is 17.4 Å². The SMILES string of the molecule is C=C[C@@H](NC)C(=O)N[C@H](C(=O)N(C)[C@@H](C=C)/C=C(\C)C(=O)O)C(C)(C)C. The van der Waals surface area contributed by atoms with E-state index in [2.05, 4.69) is 23.8 Å². The van der Waals surface area contributed by atoms with Crippen molar-refractivity contribution < 1.29 is 19.5 Å². The lowest BCUT2D eigenvalue weighted by atomic mass is 9.85. The Labute approximate surface area is 155 Å². The Morgan fingerprint density at radius 3 is 2.04 bits per heavy atom. The summed E-state index contributed by atoms with van der Waals surface area (Å²) >= 11 is 0. The Balaban J connectivity index is 5.63. The van der Waals surface area contributed by atoms with Crippen LogP contribution in [-0.4, -0.2) is 60.0 Å². The highest BCUT2D eigenvalue weighted by Crippen LogP contribution is 2.22. The molecule has 26 heavy (non-hydrogen) atoms. The van der Waals surface area contributed by atoms with Crippen molar-refractivity contribution in [3.05, 3.63) is 37.0 Å². The number of nitrogens with zero attached hydrogens (tertiary/aromatic N) is 1. The second kappa shape index (κ2) is 9.91. The highest BCUT2D eigenvalue weighted by molar-refractivity contribution is 5.91. The first kappa shape index (κ1) is 23.6. The van der Waals surface area contributed by atoms with E-state index in [1.807, 2.05) is 20.8 Å². The van der Waals surface area contributed by atoms with Gasteiger partial charge in [-0.25, -0.2) is 4.79 Å². The lowest BCUT2D eigenvalue weighted by Gasteiger charge is -2.36. The lowest BCUT2D eigenvalue weighted by Crippen LogP contribution is -2.58. The Kier molecular flexibility index (Phi) is 9.00. The van der Waals surface area contributed by atoms with Gasteiger partial charge in [0.2, 0.25) is 11.8 Å². The molecular weight excluding hydrogens is 334 g/mol. The second-order valence-corrected chi connectivity index (χ2v) is 7.14. The molecule has 0 unspecified atom stereocenters. The number of carboxylic acid groups (broad SMARTS) is 1. The number of likely N-dealkylation sites (N-methyl/N-ethyl adjacent to an activating group) is 2. The van der Waals surface area contributed by atoms with Crippen LogP contribution >= 0.6 is 0 Å². The summed E-state index contributed by atoms with van der Waals surface area (Å²) in [6, 6.07) is -2.04. The minimum absolute atomic E-state index is 0.104. The molecule has 7 nitrogen and oxygen atoms in total. The molecule has 3 N–H and O–H groups in total. The molecule has 2 amide bonds. The van der Waals surface area contributed by atoms with Crippen molar-refractivity contribution in [2.75, 3.05) is 14.1 Å². The third kappa shape index (κ3) is 6.48. The summed E-state index contributed by atoms with van der Waals surface area (Å²) in [6.45, 7) is 14.2. The summed E-state index contributed by atoms with van der Waals surface area (Å²) in [6.07, 6.45) is 4.37. The van der Waals surface area contributed by atoms with Gasteiger partial charge in [-0.05, 0) is 25.5 Å². The van der Waals surface area contributed by atoms with Crippen LogP contribution in [0.25, 0.3) is 0 Å². The number of carbonyl (C=O) groups excluding carboxylic acids is 2. The summed E-state index contributed by atoms with van der Waals surface area (Å²) in [7, 11) is 3.17. The van der Waals surface area contributed by atoms with Gasteiger partial charge in [0.25, 0.3) is 0 Å². The Morgan fingerprint density at radius 2 is 1.69 bits per heavy atom. The van der Waals surface area contributed by atoms with Crippen LogP contribution in [0, 0.1) is 5.41 Å². The van der Waals surface area contributed by atoms with Crippen LogP contribution < -0.4 is 10.6 Å². The summed E-state index contributed by atoms with van der Waals surface area (Å²) in [5.74, 6) is -1.78. The Bertz CT molecular complexity index is 590. The molecular formula is C19H31N3O4. The van der Waals surface area contributed by atoms with E-state index in [1.165, 1.54) is 30.1 Å². The van der Waals surface area contributed by atoms with E-state index in [0.717, 1.165) is 0 Å². The molecule has 0 aromatic rings. The first-order chi connectivity index (χ1) is 11.9. The third-order valence-electron chi connectivity index (χ3n) is 4.02. The summed E-state index contributed by atoms with van der Waals surface area (Å²) < 4.78 is 0. The van der Waals surface area contributed by atoms with E-state index in [9.17, 15) is 14.4 Å². The maximum Gasteiger partial charge on any atom is 0.331 e. The second-order valence-electron chi connectivity index (χ2n) is 7.14. The fourth-order valence-electron chi connectivity index (χ4n) is 2.25. The minimum Gasteiger partial charge on any atom is -0.478 e. The molecule has 0 bridgehead atoms. The number of nitrogens with one attached hydrogen (secondary N) is 2. The summed E-state index contributed by atoms with van der Waals surface area (Å²) in [5.41, 5.74) is -0.453. The Morgan fingerprint density at radius 1 is 1.15 bits per heavy atom. The maximum absolute atomic E-state index is 13.0. The molecule has 146 valence electrons. The number of aliphatic carboxylic acids is 1. The molecule has 7 heteroatoms. The fraction of sp³-hybridized carbons (Fsp3) is 0.526. The average Bonchev–Trinajstić information content (AvgIpc) is 2.55. The minimum atomic E-state index is -1.07. The van der Waals surface area contributed by atoms with Gasteiger partial charge in [0, 0.05) is 12.6 Å². The largest absolute Gasteiger partial charge is 0.478 e. The number of carboxylic acids is 1. The molecule has 0 rings (SSSR count). The highest BCUT2D eigenvalue weighted by atomic mass is 16.4. The molecule has 0 radical (unpaired) electrons. The average molecular weight is 365 g/mol. The number of rotatable bonds is 9. The zero-order valence-corrected chi connectivity index (χ0v) is 16.5. The van der Waals surface area contributed by atoms with Crippen LogP contribution in [0.5, 0.6) is 0 Å². The lowest BCUT2D eigenvalue weighted by molar-refractivity contribution is -0.139. The first-order valence-corrected chi connectivity index (χ1v) is 8.31. The first-order valence-electron chi connectivity index (χ1n) is 8.31. The van der Waals surface area contributed by atoms with Crippen molar-refractivity contribution in [3.63, 3.8) is 0 Å². The topological polar surface area (TPSA) is 98.7 Å². The zero-order valence-electron chi connectivity index (χ0n) is 16.5. The predicted octanol–water partition coefficient (Wildman–Crippen LogP) is 1.34. The van der Waals surface area contributed by atoms with Crippen molar-refractivity contribution in [3.8, 4) is 0 Å². The van der Waals surface area contributed by atoms with Gasteiger partial charge in [0.1, 0.15) is 12.1 Å². The van der Waals surface area contributed by atoms with E-state index >= 15 is 0 Å². The molecule has 0 aromatic heterocycles. The van der Waals surface area contributed by atoms with Gasteiger partial charge in [-0.2, -0.15) is 0 Å². The van der Waals surface area contributed by atoms with Gasteiger partial charge in [-0.3, -0.25) is 9.59 Å². The standard InChI is InChI=1S/C19H31N3O4/c1-9-13(11-12(3)18(25)26)22(8)17(24)15(19(4,5)6)21-16(23)14(10-2)20-7/h9-11,13-15,20H,1-2H2,3-8H3,(H,21,23)(H,25,26)/b12-11+/t13-,14+,15+/m0/s1. The van der Waals surface area contributed by atoms with Gasteiger partial charge >= 0.3 is 5.97 Å². The fourth-order valence-corrected chi connectivity index (χ4v) is 2.25. The molecule has 0 aliphatic rings. The normalized spacial score (nSPS) is 15.4. The molecule has 0 fully saturated rings. The van der Waals surface area contributed by atoms with Crippen LogP contribution in [0.1, 0.15) is 27.7 Å². The molecule has 0 aromatic carbocycles. The summed E-state index contributed by atoms with van der Waals surface area (Å²) in [5, 5.41) is 14.6. The van der Waals surface area contributed by atoms with Crippen LogP contribution in [-0.2, 0) is 14.4 Å². The van der Waals surface area contributed by atoms with Crippen molar-refractivity contribution in [2.45, 2.75) is 45.8 Å². The van der Waals surface area contributed by atoms with Gasteiger partial charge in [0.15, 0.2) is 0 Å². The van der Waals surface area contributed by atoms with Crippen molar-refractivity contribution in [1.82, 2.24) is 15.5 Å². The van der Waals surface area contributed by atoms with Gasteiger partial charge in [-0.15, -0.1) is 13.2 Å². The number of hydrogen-bond acceptors (Lipinski definition) is 4. The number of carbonyl (C=O) groups is 3. The molecule has 0 aliphatic heterocycles. The highest BCUT2D eigenvalue weighted by Gasteiger charge is 2.36. The summed E-state index contributed by atoms with van der Waals surface area (Å²) in [4.78, 5) is 37.8. The van der Waals surface area contributed by atoms with Crippen LogP contribution in [0.3, 0.4) is 0 Å². The van der Waals surface area contributed by atoms with E-state index < -0.39 is 29.5 Å². The molecule has 0 aliphatic carbocycles. The van der Waals surface area contributed by atoms with E-state index in [1.54, 1.807) is 14.1 Å². The smallest absolute Gasteiger partial charge is 0.331 e. The Hall–Kier alpha value is -2.41. The van der Waals surface area contributed by atoms with Crippen LogP contribution in [0.4, 0.5) is 0 Å². The quantitative estimate of drug-likeness (QED) is 0.423. The molecule has 0 saturated heterocycles. The number of hydrogen-bond donors (Lipinski definition) is 3. The van der Waals surface area contributed by atoms with E-state index in [0.29, 0.717) is 0 Å². The van der Waals surface area contributed by atoms with Gasteiger partial charge < -0.3 is 20.6 Å².